The summed E-state index contributed by atoms with van der Waals surface area (Å²) in [6.07, 6.45) is 2.35. The van der Waals surface area contributed by atoms with Crippen LogP contribution in [0, 0.1) is 5.82 Å². The summed E-state index contributed by atoms with van der Waals surface area (Å²) >= 11 is 0. The molecule has 1 aromatic carbocycles. The van der Waals surface area contributed by atoms with Gasteiger partial charge in [0, 0.05) is 12.6 Å². The summed E-state index contributed by atoms with van der Waals surface area (Å²) in [5, 5.41) is 3.49. The van der Waals surface area contributed by atoms with Gasteiger partial charge in [0.2, 0.25) is 0 Å². The summed E-state index contributed by atoms with van der Waals surface area (Å²) in [6.45, 7) is 6.15. The van der Waals surface area contributed by atoms with Crippen LogP contribution in [-0.4, -0.2) is 37.7 Å². The largest absolute Gasteiger partial charge is 0.494 e. The Hall–Kier alpha value is -1.13. The summed E-state index contributed by atoms with van der Waals surface area (Å²) in [5.74, 6) is 0.0390. The molecule has 0 aromatic heterocycles. The Kier molecular flexibility index (Phi) is 5.16. The molecular formula is C15H23FN2O. The van der Waals surface area contributed by atoms with E-state index in [0.29, 0.717) is 11.8 Å². The molecular weight excluding hydrogens is 243 g/mol. The van der Waals surface area contributed by atoms with E-state index in [2.05, 4.69) is 17.1 Å². The summed E-state index contributed by atoms with van der Waals surface area (Å²) in [7, 11) is 1.49. The molecule has 0 aliphatic carbocycles. The average molecular weight is 266 g/mol. The molecule has 0 atom stereocenters. The Balaban J connectivity index is 1.87. The third-order valence-corrected chi connectivity index (χ3v) is 3.70. The molecule has 0 spiro atoms. The first-order valence-corrected chi connectivity index (χ1v) is 7.01. The van der Waals surface area contributed by atoms with Gasteiger partial charge in [-0.25, -0.2) is 4.39 Å². The van der Waals surface area contributed by atoms with Crippen LogP contribution in [0.5, 0.6) is 5.75 Å². The Bertz CT molecular complexity index is 403. The highest BCUT2D eigenvalue weighted by Crippen LogP contribution is 2.20. The highest BCUT2D eigenvalue weighted by Gasteiger charge is 2.18. The number of hydrogen-bond acceptors (Lipinski definition) is 3. The van der Waals surface area contributed by atoms with Crippen molar-refractivity contribution < 1.29 is 9.13 Å². The summed E-state index contributed by atoms with van der Waals surface area (Å²) in [6, 6.07) is 5.87. The lowest BCUT2D eigenvalue weighted by Gasteiger charge is -2.32. The SMILES string of the molecule is CCNC1CCN(Cc2ccc(OC)c(F)c2)CC1. The molecule has 0 radical (unpaired) electrons. The standard InChI is InChI=1S/C15H23FN2O/c1-3-17-13-6-8-18(9-7-13)11-12-4-5-15(19-2)14(16)10-12/h4-5,10,13,17H,3,6-9,11H2,1-2H3. The quantitative estimate of drug-likeness (QED) is 0.885. The molecule has 4 heteroatoms. The van der Waals surface area contributed by atoms with Gasteiger partial charge in [0.1, 0.15) is 0 Å². The van der Waals surface area contributed by atoms with E-state index in [9.17, 15) is 4.39 Å². The average Bonchev–Trinajstić information content (AvgIpc) is 2.42. The first-order valence-electron chi connectivity index (χ1n) is 7.01. The number of methoxy groups -OCH3 is 1. The van der Waals surface area contributed by atoms with Crippen molar-refractivity contribution >= 4 is 0 Å². The van der Waals surface area contributed by atoms with Crippen molar-refractivity contribution in [1.82, 2.24) is 10.2 Å². The minimum Gasteiger partial charge on any atom is -0.494 e. The van der Waals surface area contributed by atoms with Crippen LogP contribution >= 0.6 is 0 Å². The maximum atomic E-state index is 13.6. The number of hydrogen-bond donors (Lipinski definition) is 1. The molecule has 0 amide bonds. The molecule has 1 aromatic rings. The van der Waals surface area contributed by atoms with Crippen molar-refractivity contribution in [3.8, 4) is 5.75 Å². The van der Waals surface area contributed by atoms with E-state index in [0.717, 1.165) is 31.7 Å². The molecule has 0 saturated carbocycles. The fraction of sp³-hybridized carbons (Fsp3) is 0.600. The first-order chi connectivity index (χ1) is 9.22. The number of nitrogens with zero attached hydrogens (tertiary/aromatic N) is 1. The zero-order valence-corrected chi connectivity index (χ0v) is 11.8. The number of rotatable bonds is 5. The fourth-order valence-electron chi connectivity index (χ4n) is 2.65. The molecule has 1 aliphatic heterocycles. The molecule has 1 saturated heterocycles. The van der Waals surface area contributed by atoms with Crippen LogP contribution in [0.3, 0.4) is 0 Å². The minimum atomic E-state index is -0.275. The van der Waals surface area contributed by atoms with Crippen LogP contribution in [-0.2, 0) is 6.54 Å². The van der Waals surface area contributed by atoms with Gasteiger partial charge in [-0.05, 0) is 50.2 Å². The molecule has 19 heavy (non-hydrogen) atoms. The Morgan fingerprint density at radius 3 is 2.68 bits per heavy atom. The van der Waals surface area contributed by atoms with Gasteiger partial charge in [-0.3, -0.25) is 4.90 Å². The number of halogens is 1. The van der Waals surface area contributed by atoms with Crippen molar-refractivity contribution in [2.45, 2.75) is 32.4 Å². The van der Waals surface area contributed by atoms with Crippen LogP contribution < -0.4 is 10.1 Å². The van der Waals surface area contributed by atoms with Crippen LogP contribution in [0.2, 0.25) is 0 Å². The van der Waals surface area contributed by atoms with E-state index in [1.807, 2.05) is 6.07 Å². The van der Waals surface area contributed by atoms with Crippen molar-refractivity contribution in [3.63, 3.8) is 0 Å². The van der Waals surface area contributed by atoms with Crippen molar-refractivity contribution in [2.24, 2.45) is 0 Å². The lowest BCUT2D eigenvalue weighted by molar-refractivity contribution is 0.191. The van der Waals surface area contributed by atoms with Crippen LogP contribution in [0.1, 0.15) is 25.3 Å². The van der Waals surface area contributed by atoms with Gasteiger partial charge in [-0.2, -0.15) is 0 Å². The van der Waals surface area contributed by atoms with Crippen LogP contribution in [0.4, 0.5) is 4.39 Å². The third-order valence-electron chi connectivity index (χ3n) is 3.70. The highest BCUT2D eigenvalue weighted by molar-refractivity contribution is 5.29. The maximum absolute atomic E-state index is 13.6. The summed E-state index contributed by atoms with van der Waals surface area (Å²) < 4.78 is 18.5. The van der Waals surface area contributed by atoms with Crippen LogP contribution in [0.25, 0.3) is 0 Å². The predicted molar refractivity (Wildman–Crippen MR) is 74.9 cm³/mol. The van der Waals surface area contributed by atoms with Gasteiger partial charge in [0.15, 0.2) is 11.6 Å². The fourth-order valence-corrected chi connectivity index (χ4v) is 2.65. The Morgan fingerprint density at radius 2 is 2.11 bits per heavy atom. The molecule has 0 unspecified atom stereocenters. The predicted octanol–water partition coefficient (Wildman–Crippen LogP) is 2.41. The molecule has 106 valence electrons. The number of ether oxygens (including phenoxy) is 1. The first kappa shape index (κ1) is 14.3. The smallest absolute Gasteiger partial charge is 0.165 e. The Labute approximate surface area is 114 Å². The lowest BCUT2D eigenvalue weighted by Crippen LogP contribution is -2.42. The van der Waals surface area contributed by atoms with Gasteiger partial charge in [0.05, 0.1) is 7.11 Å². The third kappa shape index (κ3) is 3.91. The maximum Gasteiger partial charge on any atom is 0.165 e. The molecule has 3 nitrogen and oxygen atoms in total. The van der Waals surface area contributed by atoms with Gasteiger partial charge >= 0.3 is 0 Å². The van der Waals surface area contributed by atoms with E-state index >= 15 is 0 Å². The van der Waals surface area contributed by atoms with Crippen LogP contribution in [0.15, 0.2) is 18.2 Å². The second-order valence-corrected chi connectivity index (χ2v) is 5.08. The number of piperidine rings is 1. The molecule has 2 rings (SSSR count). The number of likely N-dealkylation sites (tertiary alicyclic amines) is 1. The van der Waals surface area contributed by atoms with Crippen molar-refractivity contribution in [2.75, 3.05) is 26.7 Å². The second kappa shape index (κ2) is 6.87. The van der Waals surface area contributed by atoms with E-state index in [1.165, 1.54) is 20.0 Å². The van der Waals surface area contributed by atoms with E-state index < -0.39 is 0 Å². The molecule has 1 N–H and O–H groups in total. The topological polar surface area (TPSA) is 24.5 Å². The summed E-state index contributed by atoms with van der Waals surface area (Å²) in [4.78, 5) is 2.38. The number of nitrogens with one attached hydrogen (secondary N) is 1. The summed E-state index contributed by atoms with van der Waals surface area (Å²) in [5.41, 5.74) is 1.01. The minimum absolute atomic E-state index is 0.275. The highest BCUT2D eigenvalue weighted by atomic mass is 19.1. The van der Waals surface area contributed by atoms with E-state index in [-0.39, 0.29) is 5.82 Å². The van der Waals surface area contributed by atoms with Crippen molar-refractivity contribution in [1.29, 1.82) is 0 Å². The normalized spacial score (nSPS) is 17.6. The van der Waals surface area contributed by atoms with Gasteiger partial charge < -0.3 is 10.1 Å². The molecule has 1 aliphatic rings. The van der Waals surface area contributed by atoms with Gasteiger partial charge in [-0.15, -0.1) is 0 Å². The molecule has 1 heterocycles. The van der Waals surface area contributed by atoms with Gasteiger partial charge in [0.25, 0.3) is 0 Å². The number of benzene rings is 1. The Morgan fingerprint density at radius 1 is 1.37 bits per heavy atom. The molecule has 1 fully saturated rings. The molecule has 0 bridgehead atoms. The van der Waals surface area contributed by atoms with E-state index in [1.54, 1.807) is 12.1 Å². The van der Waals surface area contributed by atoms with Gasteiger partial charge in [-0.1, -0.05) is 13.0 Å². The van der Waals surface area contributed by atoms with E-state index in [4.69, 9.17) is 4.74 Å². The second-order valence-electron chi connectivity index (χ2n) is 5.08. The lowest BCUT2D eigenvalue weighted by atomic mass is 10.0. The zero-order valence-electron chi connectivity index (χ0n) is 11.8. The van der Waals surface area contributed by atoms with Crippen molar-refractivity contribution in [3.05, 3.63) is 29.6 Å². The monoisotopic (exact) mass is 266 g/mol. The zero-order chi connectivity index (χ0) is 13.7.